The Hall–Kier alpha value is -1.09. The monoisotopic (exact) mass is 257 g/mol. The van der Waals surface area contributed by atoms with Crippen LogP contribution in [0.3, 0.4) is 0 Å². The molecule has 94 valence electrons. The van der Waals surface area contributed by atoms with Crippen molar-refractivity contribution in [2.24, 2.45) is 0 Å². The van der Waals surface area contributed by atoms with E-state index < -0.39 is 0 Å². The van der Waals surface area contributed by atoms with Crippen molar-refractivity contribution in [3.05, 3.63) is 35.6 Å². The molecule has 0 saturated heterocycles. The number of hydrogen-bond donors (Lipinski definition) is 1. The Labute approximate surface area is 106 Å². The van der Waals surface area contributed by atoms with Crippen molar-refractivity contribution in [1.29, 1.82) is 0 Å². The molecule has 4 heteroatoms. The van der Waals surface area contributed by atoms with E-state index in [1.807, 2.05) is 6.92 Å². The van der Waals surface area contributed by atoms with Crippen LogP contribution in [-0.2, 0) is 11.2 Å². The number of alkyl halides is 1. The highest BCUT2D eigenvalue weighted by atomic mass is 35.5. The first kappa shape index (κ1) is 14.0. The fraction of sp³-hybridized carbons (Fsp3) is 0.462. The van der Waals surface area contributed by atoms with E-state index in [2.05, 4.69) is 5.32 Å². The summed E-state index contributed by atoms with van der Waals surface area (Å²) in [7, 11) is 0. The highest BCUT2D eigenvalue weighted by Crippen LogP contribution is 2.07. The van der Waals surface area contributed by atoms with Gasteiger partial charge in [-0.05, 0) is 31.4 Å². The molecule has 0 radical (unpaired) electrons. The topological polar surface area (TPSA) is 29.1 Å². The summed E-state index contributed by atoms with van der Waals surface area (Å²) in [5, 5.41) is 2.83. The molecule has 1 atom stereocenters. The summed E-state index contributed by atoms with van der Waals surface area (Å²) in [5.74, 6) is 0.0984. The normalized spacial score (nSPS) is 12.2. The van der Waals surface area contributed by atoms with Crippen molar-refractivity contribution in [2.75, 3.05) is 5.88 Å². The summed E-state index contributed by atoms with van der Waals surface area (Å²) in [6.07, 6.45) is 1.78. The van der Waals surface area contributed by atoms with Gasteiger partial charge in [-0.1, -0.05) is 18.2 Å². The second-order valence-corrected chi connectivity index (χ2v) is 4.45. The van der Waals surface area contributed by atoms with Crippen LogP contribution in [0.25, 0.3) is 0 Å². The fourth-order valence-electron chi connectivity index (χ4n) is 1.60. The van der Waals surface area contributed by atoms with Gasteiger partial charge in [0.15, 0.2) is 0 Å². The third kappa shape index (κ3) is 5.18. The van der Waals surface area contributed by atoms with Crippen LogP contribution in [0.4, 0.5) is 4.39 Å². The molecule has 0 fully saturated rings. The molecule has 0 aliphatic carbocycles. The molecule has 0 saturated carbocycles. The number of rotatable bonds is 6. The van der Waals surface area contributed by atoms with E-state index in [1.54, 1.807) is 18.2 Å². The van der Waals surface area contributed by atoms with Crippen molar-refractivity contribution in [1.82, 2.24) is 5.32 Å². The highest BCUT2D eigenvalue weighted by Gasteiger charge is 2.10. The molecule has 0 aromatic heterocycles. The minimum absolute atomic E-state index is 0.0769. The lowest BCUT2D eigenvalue weighted by Gasteiger charge is -2.13. The maximum Gasteiger partial charge on any atom is 0.224 e. The molecule has 1 amide bonds. The van der Waals surface area contributed by atoms with Crippen LogP contribution in [0, 0.1) is 5.82 Å². The Bertz CT molecular complexity index is 370. The maximum atomic E-state index is 13.3. The zero-order chi connectivity index (χ0) is 12.7. The van der Waals surface area contributed by atoms with E-state index in [1.165, 1.54) is 6.07 Å². The van der Waals surface area contributed by atoms with E-state index in [0.29, 0.717) is 11.4 Å². The maximum absolute atomic E-state index is 13.3. The summed E-state index contributed by atoms with van der Waals surface area (Å²) in [6.45, 7) is 1.92. The molecule has 0 heterocycles. The minimum atomic E-state index is -0.337. The van der Waals surface area contributed by atoms with Crippen LogP contribution in [0.1, 0.15) is 25.3 Å². The molecule has 1 aromatic rings. The molecule has 0 aliphatic heterocycles. The Morgan fingerprint density at radius 2 is 2.18 bits per heavy atom. The largest absolute Gasteiger partial charge is 0.353 e. The number of nitrogens with one attached hydrogen (secondary N) is 1. The molecule has 0 aliphatic rings. The molecular formula is C13H17ClFNO. The number of benzene rings is 1. The summed E-state index contributed by atoms with van der Waals surface area (Å²) in [6, 6.07) is 6.40. The van der Waals surface area contributed by atoms with Gasteiger partial charge < -0.3 is 5.32 Å². The zero-order valence-electron chi connectivity index (χ0n) is 9.88. The smallest absolute Gasteiger partial charge is 0.224 e. The first-order valence-corrected chi connectivity index (χ1v) is 6.25. The lowest BCUT2D eigenvalue weighted by Crippen LogP contribution is -2.33. The molecular weight excluding hydrogens is 241 g/mol. The molecule has 17 heavy (non-hydrogen) atoms. The third-order valence-electron chi connectivity index (χ3n) is 2.49. The van der Waals surface area contributed by atoms with Crippen molar-refractivity contribution < 1.29 is 9.18 Å². The Morgan fingerprint density at radius 1 is 1.47 bits per heavy atom. The number of carbonyl (C=O) groups is 1. The van der Waals surface area contributed by atoms with E-state index in [-0.39, 0.29) is 24.2 Å². The van der Waals surface area contributed by atoms with E-state index in [9.17, 15) is 9.18 Å². The lowest BCUT2D eigenvalue weighted by atomic mass is 10.1. The number of amides is 1. The van der Waals surface area contributed by atoms with Crippen molar-refractivity contribution in [3.8, 4) is 0 Å². The van der Waals surface area contributed by atoms with Gasteiger partial charge in [0.05, 0.1) is 6.42 Å². The van der Waals surface area contributed by atoms with Crippen LogP contribution in [0.15, 0.2) is 24.3 Å². The average molecular weight is 258 g/mol. The van der Waals surface area contributed by atoms with Crippen molar-refractivity contribution in [2.45, 2.75) is 32.2 Å². The summed E-state index contributed by atoms with van der Waals surface area (Å²) >= 11 is 5.57. The second kappa shape index (κ2) is 7.28. The summed E-state index contributed by atoms with van der Waals surface area (Å²) < 4.78 is 13.3. The van der Waals surface area contributed by atoms with Gasteiger partial charge in [-0.15, -0.1) is 11.6 Å². The van der Waals surface area contributed by atoms with Gasteiger partial charge in [0.25, 0.3) is 0 Å². The van der Waals surface area contributed by atoms with Gasteiger partial charge in [-0.3, -0.25) is 4.79 Å². The van der Waals surface area contributed by atoms with Crippen LogP contribution in [0.2, 0.25) is 0 Å². The van der Waals surface area contributed by atoms with Crippen LogP contribution in [0.5, 0.6) is 0 Å². The molecule has 1 aromatic carbocycles. The van der Waals surface area contributed by atoms with Crippen molar-refractivity contribution >= 4 is 17.5 Å². The zero-order valence-corrected chi connectivity index (χ0v) is 10.6. The van der Waals surface area contributed by atoms with Gasteiger partial charge in [0.1, 0.15) is 5.82 Å². The van der Waals surface area contributed by atoms with E-state index in [0.717, 1.165) is 12.8 Å². The summed E-state index contributed by atoms with van der Waals surface area (Å²) in [4.78, 5) is 11.6. The molecule has 2 nitrogen and oxygen atoms in total. The van der Waals surface area contributed by atoms with E-state index >= 15 is 0 Å². The standard InChI is InChI=1S/C13H17ClFNO/c1-10(5-4-8-14)16-13(17)9-11-6-2-3-7-12(11)15/h2-3,6-7,10H,4-5,8-9H2,1H3,(H,16,17). The molecule has 0 spiro atoms. The van der Waals surface area contributed by atoms with Crippen molar-refractivity contribution in [3.63, 3.8) is 0 Å². The predicted molar refractivity (Wildman–Crippen MR) is 67.7 cm³/mol. The van der Waals surface area contributed by atoms with E-state index in [4.69, 9.17) is 11.6 Å². The van der Waals surface area contributed by atoms with Gasteiger partial charge in [-0.2, -0.15) is 0 Å². The molecule has 1 unspecified atom stereocenters. The Balaban J connectivity index is 2.42. The molecule has 1 rings (SSSR count). The Morgan fingerprint density at radius 3 is 2.82 bits per heavy atom. The molecule has 0 bridgehead atoms. The fourth-order valence-corrected chi connectivity index (χ4v) is 1.75. The number of halogens is 2. The first-order valence-electron chi connectivity index (χ1n) is 5.72. The first-order chi connectivity index (χ1) is 8.13. The lowest BCUT2D eigenvalue weighted by molar-refractivity contribution is -0.121. The van der Waals surface area contributed by atoms with Crippen LogP contribution in [-0.4, -0.2) is 17.8 Å². The van der Waals surface area contributed by atoms with Gasteiger partial charge in [0.2, 0.25) is 5.91 Å². The van der Waals surface area contributed by atoms with Gasteiger partial charge >= 0.3 is 0 Å². The number of hydrogen-bond acceptors (Lipinski definition) is 1. The minimum Gasteiger partial charge on any atom is -0.353 e. The SMILES string of the molecule is CC(CCCCl)NC(=O)Cc1ccccc1F. The van der Waals surface area contributed by atoms with Gasteiger partial charge in [-0.25, -0.2) is 4.39 Å². The number of carbonyl (C=O) groups excluding carboxylic acids is 1. The quantitative estimate of drug-likeness (QED) is 0.780. The van der Waals surface area contributed by atoms with Crippen LogP contribution < -0.4 is 5.32 Å². The highest BCUT2D eigenvalue weighted by molar-refractivity contribution is 6.17. The average Bonchev–Trinajstić information content (AvgIpc) is 2.29. The summed E-state index contributed by atoms with van der Waals surface area (Å²) in [5.41, 5.74) is 0.426. The van der Waals surface area contributed by atoms with Crippen LogP contribution >= 0.6 is 11.6 Å². The predicted octanol–water partition coefficient (Wildman–Crippen LogP) is 2.89. The second-order valence-electron chi connectivity index (χ2n) is 4.07. The Kier molecular flexibility index (Phi) is 5.98. The third-order valence-corrected chi connectivity index (χ3v) is 2.75. The molecule has 1 N–H and O–H groups in total. The van der Waals surface area contributed by atoms with Gasteiger partial charge in [0, 0.05) is 11.9 Å².